The largest absolute Gasteiger partial charge is 0.507 e. The van der Waals surface area contributed by atoms with Crippen LogP contribution in [0.15, 0.2) is 29.7 Å². The highest BCUT2D eigenvalue weighted by Gasteiger charge is 2.23. The second-order valence-corrected chi connectivity index (χ2v) is 6.17. The van der Waals surface area contributed by atoms with Crippen LogP contribution in [0.25, 0.3) is 0 Å². The number of hydrogen-bond acceptors (Lipinski definition) is 4. The van der Waals surface area contributed by atoms with Crippen LogP contribution in [0.3, 0.4) is 0 Å². The number of carbonyl (C=O) groups is 1. The molecule has 1 unspecified atom stereocenters. The van der Waals surface area contributed by atoms with Crippen molar-refractivity contribution in [3.63, 3.8) is 0 Å². The molecule has 0 spiro atoms. The van der Waals surface area contributed by atoms with Crippen LogP contribution < -0.4 is 4.72 Å². The van der Waals surface area contributed by atoms with Crippen LogP contribution in [0.4, 0.5) is 0 Å². The number of aromatic carboxylic acids is 1. The van der Waals surface area contributed by atoms with E-state index >= 15 is 0 Å². The molecule has 0 saturated heterocycles. The van der Waals surface area contributed by atoms with E-state index in [-0.39, 0.29) is 16.5 Å². The van der Waals surface area contributed by atoms with Gasteiger partial charge in [-0.25, -0.2) is 17.9 Å². The van der Waals surface area contributed by atoms with E-state index in [0.717, 1.165) is 12.1 Å². The van der Waals surface area contributed by atoms with Crippen molar-refractivity contribution in [2.45, 2.75) is 31.2 Å². The van der Waals surface area contributed by atoms with Crippen molar-refractivity contribution in [1.29, 1.82) is 0 Å². The Morgan fingerprint density at radius 2 is 2.10 bits per heavy atom. The van der Waals surface area contributed by atoms with Gasteiger partial charge in [-0.15, -0.1) is 6.58 Å². The van der Waals surface area contributed by atoms with Crippen molar-refractivity contribution in [3.05, 3.63) is 35.9 Å². The number of rotatable bonds is 6. The first-order valence-corrected chi connectivity index (χ1v) is 7.37. The summed E-state index contributed by atoms with van der Waals surface area (Å²) >= 11 is 0. The minimum Gasteiger partial charge on any atom is -0.507 e. The van der Waals surface area contributed by atoms with Gasteiger partial charge in [-0.3, -0.25) is 0 Å². The van der Waals surface area contributed by atoms with E-state index in [4.69, 9.17) is 5.11 Å². The molecule has 0 radical (unpaired) electrons. The average Bonchev–Trinajstić information content (AvgIpc) is 2.27. The Morgan fingerprint density at radius 1 is 1.50 bits per heavy atom. The number of aromatic hydroxyl groups is 1. The summed E-state index contributed by atoms with van der Waals surface area (Å²) in [6.45, 7) is 6.68. The summed E-state index contributed by atoms with van der Waals surface area (Å²) in [5.41, 5.74) is -0.182. The minimum atomic E-state index is -3.86. The van der Waals surface area contributed by atoms with E-state index in [0.29, 0.717) is 6.42 Å². The summed E-state index contributed by atoms with van der Waals surface area (Å²) < 4.78 is 26.8. The smallest absolute Gasteiger partial charge is 0.339 e. The molecule has 0 aliphatic heterocycles. The lowest BCUT2D eigenvalue weighted by atomic mass is 10.1. The number of hydrogen-bond donors (Lipinski definition) is 3. The van der Waals surface area contributed by atoms with Gasteiger partial charge in [-0.1, -0.05) is 6.08 Å². The third-order valence-corrected chi connectivity index (χ3v) is 4.42. The lowest BCUT2D eigenvalue weighted by molar-refractivity contribution is 0.0693. The predicted molar refractivity (Wildman–Crippen MR) is 74.4 cm³/mol. The number of phenols is 1. The SMILES string of the molecule is C=CCC(C)NS(=O)(=O)c1cc(C(=O)O)c(O)cc1C. The summed E-state index contributed by atoms with van der Waals surface area (Å²) in [7, 11) is -3.86. The highest BCUT2D eigenvalue weighted by molar-refractivity contribution is 7.89. The molecule has 1 rings (SSSR count). The highest BCUT2D eigenvalue weighted by Crippen LogP contribution is 2.25. The maximum atomic E-state index is 12.2. The fourth-order valence-corrected chi connectivity index (χ4v) is 3.27. The Balaban J connectivity index is 3.28. The molecule has 1 atom stereocenters. The maximum absolute atomic E-state index is 12.2. The van der Waals surface area contributed by atoms with Gasteiger partial charge < -0.3 is 10.2 Å². The fraction of sp³-hybridized carbons (Fsp3) is 0.308. The molecule has 20 heavy (non-hydrogen) atoms. The molecular formula is C13H17NO5S. The van der Waals surface area contributed by atoms with Gasteiger partial charge in [0.1, 0.15) is 11.3 Å². The van der Waals surface area contributed by atoms with Gasteiger partial charge in [0, 0.05) is 6.04 Å². The number of aryl methyl sites for hydroxylation is 1. The van der Waals surface area contributed by atoms with E-state index in [9.17, 15) is 18.3 Å². The summed E-state index contributed by atoms with van der Waals surface area (Å²) in [4.78, 5) is 10.8. The summed E-state index contributed by atoms with van der Waals surface area (Å²) in [5.74, 6) is -1.86. The Kier molecular flexibility index (Phi) is 4.91. The number of carboxylic acids is 1. The van der Waals surface area contributed by atoms with Crippen molar-refractivity contribution in [3.8, 4) is 5.75 Å². The summed E-state index contributed by atoms with van der Waals surface area (Å²) in [5, 5.41) is 18.4. The van der Waals surface area contributed by atoms with E-state index in [1.165, 1.54) is 6.92 Å². The van der Waals surface area contributed by atoms with Crippen molar-refractivity contribution in [1.82, 2.24) is 4.72 Å². The molecule has 6 nitrogen and oxygen atoms in total. The molecule has 0 aromatic heterocycles. The van der Waals surface area contributed by atoms with Gasteiger partial charge in [0.05, 0.1) is 4.90 Å². The number of benzene rings is 1. The zero-order valence-electron chi connectivity index (χ0n) is 11.3. The highest BCUT2D eigenvalue weighted by atomic mass is 32.2. The Hall–Kier alpha value is -1.86. The Labute approximate surface area is 117 Å². The van der Waals surface area contributed by atoms with Crippen LogP contribution in [-0.4, -0.2) is 30.6 Å². The second kappa shape index (κ2) is 6.06. The van der Waals surface area contributed by atoms with Crippen LogP contribution in [-0.2, 0) is 10.0 Å². The van der Waals surface area contributed by atoms with Crippen LogP contribution in [0, 0.1) is 6.92 Å². The minimum absolute atomic E-state index is 0.163. The Bertz CT molecular complexity index is 636. The average molecular weight is 299 g/mol. The van der Waals surface area contributed by atoms with Crippen LogP contribution in [0.2, 0.25) is 0 Å². The molecule has 1 aromatic rings. The topological polar surface area (TPSA) is 104 Å². The van der Waals surface area contributed by atoms with Gasteiger partial charge >= 0.3 is 5.97 Å². The van der Waals surface area contributed by atoms with Crippen LogP contribution >= 0.6 is 0 Å². The van der Waals surface area contributed by atoms with Gasteiger partial charge in [0.2, 0.25) is 10.0 Å². The number of sulfonamides is 1. The molecule has 1 aromatic carbocycles. The van der Waals surface area contributed by atoms with E-state index in [1.54, 1.807) is 13.0 Å². The van der Waals surface area contributed by atoms with Crippen LogP contribution in [0.1, 0.15) is 29.3 Å². The molecule has 0 aliphatic rings. The molecular weight excluding hydrogens is 282 g/mol. The molecule has 0 fully saturated rings. The molecule has 7 heteroatoms. The van der Waals surface area contributed by atoms with Crippen LogP contribution in [0.5, 0.6) is 5.75 Å². The van der Waals surface area contributed by atoms with Crippen molar-refractivity contribution in [2.75, 3.05) is 0 Å². The Morgan fingerprint density at radius 3 is 2.60 bits per heavy atom. The first-order valence-electron chi connectivity index (χ1n) is 5.89. The molecule has 110 valence electrons. The zero-order chi connectivity index (χ0) is 15.5. The van der Waals surface area contributed by atoms with Crippen molar-refractivity contribution in [2.24, 2.45) is 0 Å². The summed E-state index contributed by atoms with van der Waals surface area (Å²) in [6, 6.07) is 1.71. The number of nitrogens with one attached hydrogen (secondary N) is 1. The standard InChI is InChI=1S/C13H17NO5S/c1-4-5-9(3)14-20(18,19)12-7-10(13(16)17)11(15)6-8(12)2/h4,6-7,9,14-15H,1,5H2,2-3H3,(H,16,17). The normalized spacial score (nSPS) is 12.9. The maximum Gasteiger partial charge on any atom is 0.339 e. The van der Waals surface area contributed by atoms with Gasteiger partial charge in [0.15, 0.2) is 0 Å². The van der Waals surface area contributed by atoms with E-state index in [1.807, 2.05) is 0 Å². The second-order valence-electron chi connectivity index (χ2n) is 4.49. The monoisotopic (exact) mass is 299 g/mol. The van der Waals surface area contributed by atoms with E-state index in [2.05, 4.69) is 11.3 Å². The van der Waals surface area contributed by atoms with Gasteiger partial charge in [-0.05, 0) is 38.0 Å². The molecule has 0 aliphatic carbocycles. The molecule has 0 heterocycles. The first kappa shape index (κ1) is 16.2. The lowest BCUT2D eigenvalue weighted by Crippen LogP contribution is -2.32. The van der Waals surface area contributed by atoms with E-state index < -0.39 is 27.3 Å². The zero-order valence-corrected chi connectivity index (χ0v) is 12.1. The van der Waals surface area contributed by atoms with Crippen molar-refractivity contribution < 1.29 is 23.4 Å². The van der Waals surface area contributed by atoms with Gasteiger partial charge in [0.25, 0.3) is 0 Å². The summed E-state index contributed by atoms with van der Waals surface area (Å²) in [6.07, 6.45) is 2.03. The quantitative estimate of drug-likeness (QED) is 0.693. The third kappa shape index (κ3) is 3.58. The molecule has 3 N–H and O–H groups in total. The first-order chi connectivity index (χ1) is 9.19. The third-order valence-electron chi connectivity index (χ3n) is 2.69. The molecule has 0 amide bonds. The lowest BCUT2D eigenvalue weighted by Gasteiger charge is -2.15. The van der Waals surface area contributed by atoms with Crippen molar-refractivity contribution >= 4 is 16.0 Å². The molecule has 0 saturated carbocycles. The number of carboxylic acid groups (broad SMARTS) is 1. The predicted octanol–water partition coefficient (Wildman–Crippen LogP) is 1.64. The fourth-order valence-electron chi connectivity index (χ4n) is 1.76. The van der Waals surface area contributed by atoms with Gasteiger partial charge in [-0.2, -0.15) is 0 Å². The molecule has 0 bridgehead atoms.